The average Bonchev–Trinajstić information content (AvgIpc) is 3.13. The van der Waals surface area contributed by atoms with Crippen molar-refractivity contribution in [3.8, 4) is 11.5 Å². The van der Waals surface area contributed by atoms with Crippen molar-refractivity contribution in [2.45, 2.75) is 58.4 Å². The standard InChI is InChI=1S/C27H33BINO8/c1-5-6-16-12-17-23(26(33)30(25(17)32)27(34)37-4)18-13-28(35)38-20(22(16)18)8-7-14(2)9-15-10-19(29)24(31)21(11-15)36-3/h9-11,17-18,20,23,31,35H,5-8,12-13H2,1-4H3/b14-9+/t17-,18+,20-,23-/m1/s1. The minimum absolute atomic E-state index is 0.107. The number of hydrogen-bond donors (Lipinski definition) is 2. The average molecular weight is 637 g/mol. The second kappa shape index (κ2) is 11.8. The summed E-state index contributed by atoms with van der Waals surface area (Å²) < 4.78 is 16.7. The molecule has 4 rings (SSSR count). The molecule has 9 nitrogen and oxygen atoms in total. The summed E-state index contributed by atoms with van der Waals surface area (Å²) >= 11 is 2.06. The fourth-order valence-corrected chi connectivity index (χ4v) is 6.75. The molecule has 0 unspecified atom stereocenters. The first-order valence-electron chi connectivity index (χ1n) is 12.9. The number of halogens is 1. The summed E-state index contributed by atoms with van der Waals surface area (Å²) in [4.78, 5) is 39.2. The van der Waals surface area contributed by atoms with E-state index >= 15 is 0 Å². The first-order chi connectivity index (χ1) is 18.1. The molecular weight excluding hydrogens is 604 g/mol. The van der Waals surface area contributed by atoms with Gasteiger partial charge in [-0.25, -0.2) is 4.79 Å². The molecule has 1 aromatic carbocycles. The van der Waals surface area contributed by atoms with Crippen LogP contribution in [0.3, 0.4) is 0 Å². The Kier molecular flexibility index (Phi) is 8.88. The summed E-state index contributed by atoms with van der Waals surface area (Å²) in [5.41, 5.74) is 4.06. The number of methoxy groups -OCH3 is 2. The highest BCUT2D eigenvalue weighted by atomic mass is 127. The van der Waals surface area contributed by atoms with Crippen LogP contribution in [0.4, 0.5) is 4.79 Å². The van der Waals surface area contributed by atoms with Gasteiger partial charge in [-0.3, -0.25) is 9.59 Å². The maximum Gasteiger partial charge on any atom is 0.455 e. The Labute approximate surface area is 236 Å². The van der Waals surface area contributed by atoms with E-state index in [-0.39, 0.29) is 18.0 Å². The van der Waals surface area contributed by atoms with E-state index in [1.165, 1.54) is 7.11 Å². The summed E-state index contributed by atoms with van der Waals surface area (Å²) in [7, 11) is 1.59. The third-order valence-corrected chi connectivity index (χ3v) is 8.52. The smallest absolute Gasteiger partial charge is 0.455 e. The van der Waals surface area contributed by atoms with Gasteiger partial charge in [-0.1, -0.05) is 30.6 Å². The second-order valence-corrected chi connectivity index (χ2v) is 11.3. The fourth-order valence-electron chi connectivity index (χ4n) is 6.12. The lowest BCUT2D eigenvalue weighted by Crippen LogP contribution is -2.46. The molecule has 0 spiro atoms. The lowest BCUT2D eigenvalue weighted by atomic mass is 9.58. The number of phenols is 1. The zero-order valence-electron chi connectivity index (χ0n) is 22.0. The highest BCUT2D eigenvalue weighted by molar-refractivity contribution is 14.1. The van der Waals surface area contributed by atoms with E-state index in [2.05, 4.69) is 29.5 Å². The molecule has 38 heavy (non-hydrogen) atoms. The molecule has 4 atom stereocenters. The number of nitrogens with zero attached hydrogens (tertiary/aromatic N) is 1. The van der Waals surface area contributed by atoms with Crippen molar-refractivity contribution in [2.24, 2.45) is 17.8 Å². The number of likely N-dealkylation sites (tertiary alicyclic amines) is 1. The molecule has 3 aliphatic rings. The Hall–Kier alpha value is -2.38. The lowest BCUT2D eigenvalue weighted by molar-refractivity contribution is -0.137. The first kappa shape index (κ1) is 28.6. The zero-order valence-corrected chi connectivity index (χ0v) is 24.2. The van der Waals surface area contributed by atoms with Gasteiger partial charge in [0.15, 0.2) is 11.5 Å². The quantitative estimate of drug-likeness (QED) is 0.193. The minimum atomic E-state index is -1.07. The highest BCUT2D eigenvalue weighted by Gasteiger charge is 2.59. The lowest BCUT2D eigenvalue weighted by Gasteiger charge is -2.43. The van der Waals surface area contributed by atoms with E-state index in [1.54, 1.807) is 6.07 Å². The molecule has 1 aromatic rings. The van der Waals surface area contributed by atoms with Gasteiger partial charge in [0.1, 0.15) is 0 Å². The third-order valence-electron chi connectivity index (χ3n) is 7.70. The predicted octanol–water partition coefficient (Wildman–Crippen LogP) is 4.55. The normalized spacial score (nSPS) is 25.5. The summed E-state index contributed by atoms with van der Waals surface area (Å²) in [6.07, 6.45) is 4.14. The molecule has 2 N–H and O–H groups in total. The summed E-state index contributed by atoms with van der Waals surface area (Å²) in [5, 5.41) is 20.8. The molecule has 2 aliphatic heterocycles. The van der Waals surface area contributed by atoms with Crippen molar-refractivity contribution in [3.63, 3.8) is 0 Å². The molecule has 1 aliphatic carbocycles. The molecule has 0 bridgehead atoms. The van der Waals surface area contributed by atoms with E-state index in [4.69, 9.17) is 14.1 Å². The Morgan fingerprint density at radius 2 is 2.00 bits per heavy atom. The maximum atomic E-state index is 13.3. The molecule has 2 heterocycles. The Balaban J connectivity index is 1.61. The van der Waals surface area contributed by atoms with Crippen LogP contribution in [-0.2, 0) is 19.0 Å². The predicted molar refractivity (Wildman–Crippen MR) is 149 cm³/mol. The number of ether oxygens (including phenoxy) is 2. The molecule has 2 fully saturated rings. The van der Waals surface area contributed by atoms with E-state index < -0.39 is 43.0 Å². The van der Waals surface area contributed by atoms with E-state index in [0.717, 1.165) is 42.2 Å². The molecular formula is C27H33BINO8. The highest BCUT2D eigenvalue weighted by Crippen LogP contribution is 2.51. The number of carbonyl (C=O) groups is 3. The van der Waals surface area contributed by atoms with E-state index in [9.17, 15) is 24.5 Å². The monoisotopic (exact) mass is 637 g/mol. The molecule has 3 amide bonds. The van der Waals surface area contributed by atoms with Crippen molar-refractivity contribution in [3.05, 3.63) is 38.0 Å². The first-order valence-corrected chi connectivity index (χ1v) is 13.9. The van der Waals surface area contributed by atoms with Gasteiger partial charge in [0.25, 0.3) is 0 Å². The van der Waals surface area contributed by atoms with Crippen LogP contribution < -0.4 is 4.74 Å². The summed E-state index contributed by atoms with van der Waals surface area (Å²) in [6, 6.07) is 3.65. The van der Waals surface area contributed by atoms with E-state index in [1.807, 2.05) is 19.1 Å². The van der Waals surface area contributed by atoms with E-state index in [0.29, 0.717) is 33.5 Å². The van der Waals surface area contributed by atoms with Crippen molar-refractivity contribution < 1.29 is 38.6 Å². The molecule has 204 valence electrons. The van der Waals surface area contributed by atoms with Gasteiger partial charge >= 0.3 is 13.2 Å². The van der Waals surface area contributed by atoms with Crippen LogP contribution in [0.25, 0.3) is 6.08 Å². The van der Waals surface area contributed by atoms with Crippen molar-refractivity contribution in [2.75, 3.05) is 14.2 Å². The number of carbonyl (C=O) groups excluding carboxylic acids is 3. The van der Waals surface area contributed by atoms with Gasteiger partial charge in [0.05, 0.1) is 35.7 Å². The number of phenolic OH excluding ortho intramolecular Hbond substituents is 1. The number of rotatable bonds is 7. The number of aromatic hydroxyl groups is 1. The minimum Gasteiger partial charge on any atom is -0.504 e. The Morgan fingerprint density at radius 3 is 2.66 bits per heavy atom. The largest absolute Gasteiger partial charge is 0.504 e. The number of allylic oxidation sites excluding steroid dienone is 2. The topological polar surface area (TPSA) is 123 Å². The van der Waals surface area contributed by atoms with Crippen molar-refractivity contribution in [1.82, 2.24) is 4.90 Å². The maximum absolute atomic E-state index is 13.3. The van der Waals surface area contributed by atoms with Crippen LogP contribution in [0.1, 0.15) is 51.5 Å². The summed E-state index contributed by atoms with van der Waals surface area (Å²) in [6.45, 7) is 4.07. The molecule has 0 saturated carbocycles. The number of fused-ring (bicyclic) bond motifs is 3. The number of imide groups is 3. The van der Waals surface area contributed by atoms with Crippen LogP contribution in [0.15, 0.2) is 28.9 Å². The van der Waals surface area contributed by atoms with Gasteiger partial charge in [-0.15, -0.1) is 0 Å². The van der Waals surface area contributed by atoms with Crippen LogP contribution in [-0.4, -0.2) is 60.4 Å². The number of hydrogen-bond acceptors (Lipinski definition) is 8. The fraction of sp³-hybridized carbons (Fsp3) is 0.519. The van der Waals surface area contributed by atoms with Gasteiger partial charge in [0, 0.05) is 0 Å². The van der Waals surface area contributed by atoms with Crippen molar-refractivity contribution >= 4 is 53.7 Å². The second-order valence-electron chi connectivity index (χ2n) is 10.1. The molecule has 2 saturated heterocycles. The molecule has 11 heteroatoms. The SMILES string of the molecule is CCCC1=C2[C@@H](CC/C(C)=C/c3cc(I)c(O)c(OC)c3)OB(O)C[C@@H]2[C@@H]2C(=O)N(C(=O)OC)C(=O)[C@@H]2C1. The zero-order chi connectivity index (χ0) is 27.7. The number of benzene rings is 1. The number of amides is 3. The van der Waals surface area contributed by atoms with Crippen molar-refractivity contribution in [1.29, 1.82) is 0 Å². The van der Waals surface area contributed by atoms with Gasteiger partial charge in [-0.2, -0.15) is 4.90 Å². The third kappa shape index (κ3) is 5.37. The van der Waals surface area contributed by atoms with Gasteiger partial charge in [-0.05, 0) is 90.7 Å². The Bertz CT molecular complexity index is 1200. The Morgan fingerprint density at radius 1 is 1.26 bits per heavy atom. The van der Waals surface area contributed by atoms with Crippen LogP contribution in [0.5, 0.6) is 11.5 Å². The van der Waals surface area contributed by atoms with Crippen LogP contribution >= 0.6 is 22.6 Å². The molecule has 0 radical (unpaired) electrons. The van der Waals surface area contributed by atoms with Crippen LogP contribution in [0.2, 0.25) is 6.32 Å². The van der Waals surface area contributed by atoms with Gasteiger partial charge < -0.3 is 24.3 Å². The molecule has 0 aromatic heterocycles. The summed E-state index contributed by atoms with van der Waals surface area (Å²) in [5.74, 6) is -2.27. The van der Waals surface area contributed by atoms with Crippen LogP contribution in [0, 0.1) is 21.3 Å². The van der Waals surface area contributed by atoms with Gasteiger partial charge in [0.2, 0.25) is 11.8 Å².